The van der Waals surface area contributed by atoms with Crippen LogP contribution >= 0.6 is 0 Å². The molecule has 0 saturated carbocycles. The van der Waals surface area contributed by atoms with Crippen LogP contribution in [0.4, 0.5) is 5.69 Å². The fraction of sp³-hybridized carbons (Fsp3) is 0.500. The van der Waals surface area contributed by atoms with Crippen molar-refractivity contribution in [3.63, 3.8) is 0 Å². The number of aliphatic hydroxyl groups excluding tert-OH is 1. The number of aliphatic hydroxyl groups is 1. The fourth-order valence-corrected chi connectivity index (χ4v) is 1.68. The number of hydrogen-bond donors (Lipinski definition) is 1. The van der Waals surface area contributed by atoms with Crippen LogP contribution in [0.5, 0.6) is 0 Å². The summed E-state index contributed by atoms with van der Waals surface area (Å²) in [4.78, 5) is 12.2. The third-order valence-corrected chi connectivity index (χ3v) is 2.79. The molecule has 0 radical (unpaired) electrons. The first kappa shape index (κ1) is 13.6. The van der Waals surface area contributed by atoms with E-state index in [9.17, 15) is 15.2 Å². The summed E-state index contributed by atoms with van der Waals surface area (Å²) in [5.41, 5.74) is 0.604. The average Bonchev–Trinajstić information content (AvgIpc) is 2.35. The zero-order chi connectivity index (χ0) is 12.8. The average molecular weight is 238 g/mol. The van der Waals surface area contributed by atoms with Crippen molar-refractivity contribution >= 4 is 5.69 Å². The molecule has 1 N–H and O–H groups in total. The summed E-state index contributed by atoms with van der Waals surface area (Å²) >= 11 is 0. The third-order valence-electron chi connectivity index (χ3n) is 2.79. The molecule has 1 rings (SSSR count). The largest absolute Gasteiger partial charge is 0.387 e. The minimum Gasteiger partial charge on any atom is -0.387 e. The lowest BCUT2D eigenvalue weighted by atomic mass is 10.1. The van der Waals surface area contributed by atoms with E-state index in [4.69, 9.17) is 0 Å². The summed E-state index contributed by atoms with van der Waals surface area (Å²) in [6, 6.07) is 6.15. The Labute approximate surface area is 101 Å². The van der Waals surface area contributed by atoms with Crippen molar-refractivity contribution in [2.24, 2.45) is 0 Å². The Kier molecular flexibility index (Phi) is 5.06. The number of nitro groups is 1. The lowest BCUT2D eigenvalue weighted by molar-refractivity contribution is -0.385. The highest BCUT2D eigenvalue weighted by Gasteiger charge is 2.14. The Morgan fingerprint density at radius 1 is 1.41 bits per heavy atom. The highest BCUT2D eigenvalue weighted by Crippen LogP contribution is 2.19. The van der Waals surface area contributed by atoms with Gasteiger partial charge in [-0.05, 0) is 18.7 Å². The van der Waals surface area contributed by atoms with Gasteiger partial charge in [0.1, 0.15) is 0 Å². The van der Waals surface area contributed by atoms with Crippen LogP contribution in [-0.4, -0.2) is 34.6 Å². The Morgan fingerprint density at radius 2 is 2.06 bits per heavy atom. The summed E-state index contributed by atoms with van der Waals surface area (Å²) in [5, 5.41) is 20.6. The predicted molar refractivity (Wildman–Crippen MR) is 65.8 cm³/mol. The molecular formula is C12H18N2O3. The van der Waals surface area contributed by atoms with Gasteiger partial charge in [-0.3, -0.25) is 10.1 Å². The van der Waals surface area contributed by atoms with Gasteiger partial charge < -0.3 is 10.0 Å². The van der Waals surface area contributed by atoms with Gasteiger partial charge in [0.25, 0.3) is 5.69 Å². The quantitative estimate of drug-likeness (QED) is 0.607. The number of rotatable bonds is 6. The van der Waals surface area contributed by atoms with Gasteiger partial charge in [-0.1, -0.05) is 26.0 Å². The van der Waals surface area contributed by atoms with E-state index in [1.54, 1.807) is 12.1 Å². The third kappa shape index (κ3) is 3.80. The first-order valence-electron chi connectivity index (χ1n) is 5.73. The van der Waals surface area contributed by atoms with E-state index >= 15 is 0 Å². The molecule has 0 aliphatic rings. The van der Waals surface area contributed by atoms with Gasteiger partial charge in [0, 0.05) is 18.7 Å². The van der Waals surface area contributed by atoms with Gasteiger partial charge in [0.05, 0.1) is 11.0 Å². The maximum absolute atomic E-state index is 10.6. The molecule has 0 aromatic heterocycles. The Balaban J connectivity index is 2.78. The molecule has 0 heterocycles. The number of hydrogen-bond acceptors (Lipinski definition) is 4. The molecule has 1 aromatic rings. The van der Waals surface area contributed by atoms with E-state index in [1.165, 1.54) is 12.1 Å². The van der Waals surface area contributed by atoms with E-state index in [1.807, 2.05) is 13.8 Å². The van der Waals surface area contributed by atoms with Gasteiger partial charge in [0.2, 0.25) is 0 Å². The predicted octanol–water partition coefficient (Wildman–Crippen LogP) is 1.97. The molecule has 5 heteroatoms. The second kappa shape index (κ2) is 6.32. The molecule has 0 fully saturated rings. The van der Waals surface area contributed by atoms with Crippen molar-refractivity contribution in [3.05, 3.63) is 39.9 Å². The zero-order valence-corrected chi connectivity index (χ0v) is 10.2. The molecule has 0 bridgehead atoms. The van der Waals surface area contributed by atoms with Crippen LogP contribution in [0, 0.1) is 10.1 Å². The van der Waals surface area contributed by atoms with Gasteiger partial charge >= 0.3 is 0 Å². The van der Waals surface area contributed by atoms with Crippen LogP contribution in [0.3, 0.4) is 0 Å². The summed E-state index contributed by atoms with van der Waals surface area (Å²) in [6.45, 7) is 6.23. The van der Waals surface area contributed by atoms with Crippen molar-refractivity contribution in [3.8, 4) is 0 Å². The summed E-state index contributed by atoms with van der Waals surface area (Å²) in [6.07, 6.45) is -0.685. The minimum atomic E-state index is -0.685. The van der Waals surface area contributed by atoms with Crippen molar-refractivity contribution in [2.45, 2.75) is 20.0 Å². The van der Waals surface area contributed by atoms with Crippen molar-refractivity contribution in [1.82, 2.24) is 4.90 Å². The van der Waals surface area contributed by atoms with E-state index in [-0.39, 0.29) is 5.69 Å². The van der Waals surface area contributed by atoms with E-state index in [0.29, 0.717) is 12.1 Å². The standard InChI is InChI=1S/C12H18N2O3/c1-3-13(4-2)9-12(15)10-6-5-7-11(8-10)14(16)17/h5-8,12,15H,3-4,9H2,1-2H3. The number of non-ortho nitro benzene ring substituents is 1. The Bertz CT molecular complexity index is 378. The number of nitro benzene ring substituents is 1. The zero-order valence-electron chi connectivity index (χ0n) is 10.2. The van der Waals surface area contributed by atoms with Crippen LogP contribution in [-0.2, 0) is 0 Å². The maximum atomic E-state index is 10.6. The smallest absolute Gasteiger partial charge is 0.269 e. The van der Waals surface area contributed by atoms with Crippen molar-refractivity contribution in [1.29, 1.82) is 0 Å². The molecule has 0 saturated heterocycles. The lowest BCUT2D eigenvalue weighted by Gasteiger charge is -2.21. The summed E-state index contributed by atoms with van der Waals surface area (Å²) < 4.78 is 0. The molecule has 17 heavy (non-hydrogen) atoms. The molecule has 94 valence electrons. The Hall–Kier alpha value is -1.46. The highest BCUT2D eigenvalue weighted by molar-refractivity contribution is 5.35. The lowest BCUT2D eigenvalue weighted by Crippen LogP contribution is -2.28. The van der Waals surface area contributed by atoms with Crippen LogP contribution < -0.4 is 0 Å². The summed E-state index contributed by atoms with van der Waals surface area (Å²) in [5.74, 6) is 0. The Morgan fingerprint density at radius 3 is 2.59 bits per heavy atom. The first-order valence-corrected chi connectivity index (χ1v) is 5.73. The fourth-order valence-electron chi connectivity index (χ4n) is 1.68. The molecule has 0 aliphatic carbocycles. The topological polar surface area (TPSA) is 66.6 Å². The number of nitrogens with zero attached hydrogens (tertiary/aromatic N) is 2. The van der Waals surface area contributed by atoms with Gasteiger partial charge in [-0.2, -0.15) is 0 Å². The molecular weight excluding hydrogens is 220 g/mol. The molecule has 1 unspecified atom stereocenters. The molecule has 1 aromatic carbocycles. The normalized spacial score (nSPS) is 12.7. The van der Waals surface area contributed by atoms with Crippen molar-refractivity contribution < 1.29 is 10.0 Å². The molecule has 0 amide bonds. The second-order valence-electron chi connectivity index (χ2n) is 3.85. The van der Waals surface area contributed by atoms with E-state index < -0.39 is 11.0 Å². The molecule has 0 spiro atoms. The first-order chi connectivity index (χ1) is 8.08. The van der Waals surface area contributed by atoms with Gasteiger partial charge in [0.15, 0.2) is 0 Å². The van der Waals surface area contributed by atoms with Crippen LogP contribution in [0.1, 0.15) is 25.5 Å². The van der Waals surface area contributed by atoms with E-state index in [2.05, 4.69) is 4.90 Å². The monoisotopic (exact) mass is 238 g/mol. The molecule has 1 atom stereocenters. The minimum absolute atomic E-state index is 0.0149. The van der Waals surface area contributed by atoms with Crippen LogP contribution in [0.25, 0.3) is 0 Å². The number of benzene rings is 1. The molecule has 5 nitrogen and oxygen atoms in total. The van der Waals surface area contributed by atoms with Crippen LogP contribution in [0.15, 0.2) is 24.3 Å². The van der Waals surface area contributed by atoms with E-state index in [0.717, 1.165) is 13.1 Å². The van der Waals surface area contributed by atoms with Gasteiger partial charge in [-0.15, -0.1) is 0 Å². The summed E-state index contributed by atoms with van der Waals surface area (Å²) in [7, 11) is 0. The SMILES string of the molecule is CCN(CC)CC(O)c1cccc([N+](=O)[O-])c1. The highest BCUT2D eigenvalue weighted by atomic mass is 16.6. The van der Waals surface area contributed by atoms with Crippen molar-refractivity contribution in [2.75, 3.05) is 19.6 Å². The van der Waals surface area contributed by atoms with Gasteiger partial charge in [-0.25, -0.2) is 0 Å². The number of likely N-dealkylation sites (N-methyl/N-ethyl adjacent to an activating group) is 1. The maximum Gasteiger partial charge on any atom is 0.269 e. The molecule has 0 aliphatic heterocycles. The van der Waals surface area contributed by atoms with Crippen LogP contribution in [0.2, 0.25) is 0 Å². The second-order valence-corrected chi connectivity index (χ2v) is 3.85.